The number of aryl methyl sites for hydroxylation is 1. The molecule has 0 aromatic heterocycles. The lowest BCUT2D eigenvalue weighted by Crippen LogP contribution is -2.08. The summed E-state index contributed by atoms with van der Waals surface area (Å²) < 4.78 is 24.3. The number of nitrogens with two attached hydrogens (primary N) is 1. The monoisotopic (exact) mass is 289 g/mol. The number of halogens is 1. The maximum atomic E-state index is 13.6. The minimum Gasteiger partial charge on any atom is -0.494 e. The fraction of sp³-hybridized carbons (Fsp3) is 0.294. The molecule has 3 nitrogen and oxygen atoms in total. The van der Waals surface area contributed by atoms with Crippen LogP contribution in [0.1, 0.15) is 29.7 Å². The zero-order chi connectivity index (χ0) is 15.4. The van der Waals surface area contributed by atoms with Crippen LogP contribution >= 0.6 is 0 Å². The first-order valence-corrected chi connectivity index (χ1v) is 6.82. The summed E-state index contributed by atoms with van der Waals surface area (Å²) in [6, 6.07) is 10.5. The van der Waals surface area contributed by atoms with E-state index in [1.807, 2.05) is 32.0 Å². The van der Waals surface area contributed by atoms with E-state index in [2.05, 4.69) is 0 Å². The van der Waals surface area contributed by atoms with Crippen LogP contribution in [0.3, 0.4) is 0 Å². The molecule has 2 aromatic carbocycles. The Morgan fingerprint density at radius 2 is 1.86 bits per heavy atom. The van der Waals surface area contributed by atoms with E-state index >= 15 is 0 Å². The second kappa shape index (κ2) is 6.59. The van der Waals surface area contributed by atoms with Gasteiger partial charge in [-0.3, -0.25) is 0 Å². The van der Waals surface area contributed by atoms with Crippen molar-refractivity contribution < 1.29 is 13.9 Å². The number of benzene rings is 2. The van der Waals surface area contributed by atoms with E-state index in [-0.39, 0.29) is 18.4 Å². The zero-order valence-electron chi connectivity index (χ0n) is 12.5. The first kappa shape index (κ1) is 15.3. The SMILES string of the molecule is COc1ccc(COc2ccc(C)cc2C(C)N)cc1F. The Morgan fingerprint density at radius 3 is 2.48 bits per heavy atom. The molecule has 4 heteroatoms. The van der Waals surface area contributed by atoms with Crippen LogP contribution in [0, 0.1) is 12.7 Å². The number of hydrogen-bond donors (Lipinski definition) is 1. The molecule has 0 aliphatic heterocycles. The summed E-state index contributed by atoms with van der Waals surface area (Å²) >= 11 is 0. The van der Waals surface area contributed by atoms with Crippen molar-refractivity contribution in [3.8, 4) is 11.5 Å². The molecule has 0 aliphatic carbocycles. The Kier molecular flexibility index (Phi) is 4.81. The van der Waals surface area contributed by atoms with Gasteiger partial charge in [-0.25, -0.2) is 4.39 Å². The van der Waals surface area contributed by atoms with Crippen molar-refractivity contribution >= 4 is 0 Å². The van der Waals surface area contributed by atoms with Crippen molar-refractivity contribution in [3.05, 3.63) is 58.9 Å². The fourth-order valence-corrected chi connectivity index (χ4v) is 2.12. The van der Waals surface area contributed by atoms with Crippen LogP contribution in [-0.4, -0.2) is 7.11 Å². The van der Waals surface area contributed by atoms with Crippen molar-refractivity contribution in [1.82, 2.24) is 0 Å². The van der Waals surface area contributed by atoms with Gasteiger partial charge in [0.15, 0.2) is 11.6 Å². The molecule has 21 heavy (non-hydrogen) atoms. The molecule has 0 saturated heterocycles. The number of ether oxygens (including phenoxy) is 2. The van der Waals surface area contributed by atoms with Gasteiger partial charge in [0.1, 0.15) is 12.4 Å². The quantitative estimate of drug-likeness (QED) is 0.912. The van der Waals surface area contributed by atoms with Crippen molar-refractivity contribution in [2.45, 2.75) is 26.5 Å². The van der Waals surface area contributed by atoms with Gasteiger partial charge in [-0.1, -0.05) is 23.8 Å². The van der Waals surface area contributed by atoms with Gasteiger partial charge >= 0.3 is 0 Å². The third kappa shape index (κ3) is 3.73. The van der Waals surface area contributed by atoms with Gasteiger partial charge in [-0.2, -0.15) is 0 Å². The Labute approximate surface area is 124 Å². The molecule has 0 amide bonds. The molecule has 0 saturated carbocycles. The summed E-state index contributed by atoms with van der Waals surface area (Å²) in [7, 11) is 1.44. The standard InChI is InChI=1S/C17H20FNO2/c1-11-4-6-16(14(8-11)12(2)19)21-10-13-5-7-17(20-3)15(18)9-13/h4-9,12H,10,19H2,1-3H3. The first-order chi connectivity index (χ1) is 10.0. The van der Waals surface area contributed by atoms with Gasteiger partial charge in [-0.15, -0.1) is 0 Å². The Balaban J connectivity index is 2.15. The second-order valence-corrected chi connectivity index (χ2v) is 5.09. The number of hydrogen-bond acceptors (Lipinski definition) is 3. The van der Waals surface area contributed by atoms with E-state index in [1.165, 1.54) is 13.2 Å². The summed E-state index contributed by atoms with van der Waals surface area (Å²) in [6.45, 7) is 4.20. The van der Waals surface area contributed by atoms with Gasteiger partial charge in [0, 0.05) is 11.6 Å². The highest BCUT2D eigenvalue weighted by molar-refractivity contribution is 5.39. The molecule has 0 fully saturated rings. The van der Waals surface area contributed by atoms with Crippen LogP contribution in [-0.2, 0) is 6.61 Å². The lowest BCUT2D eigenvalue weighted by atomic mass is 10.1. The summed E-state index contributed by atoms with van der Waals surface area (Å²) in [4.78, 5) is 0. The number of methoxy groups -OCH3 is 1. The Bertz CT molecular complexity index is 626. The van der Waals surface area contributed by atoms with Crippen LogP contribution in [0.25, 0.3) is 0 Å². The van der Waals surface area contributed by atoms with Crippen molar-refractivity contribution in [3.63, 3.8) is 0 Å². The third-order valence-electron chi connectivity index (χ3n) is 3.27. The predicted molar refractivity (Wildman–Crippen MR) is 81.1 cm³/mol. The Hall–Kier alpha value is -2.07. The van der Waals surface area contributed by atoms with Gasteiger partial charge in [0.25, 0.3) is 0 Å². The molecule has 2 rings (SSSR count). The molecule has 1 unspecified atom stereocenters. The lowest BCUT2D eigenvalue weighted by molar-refractivity contribution is 0.300. The van der Waals surface area contributed by atoms with Crippen molar-refractivity contribution in [2.24, 2.45) is 5.73 Å². The van der Waals surface area contributed by atoms with E-state index in [0.717, 1.165) is 22.4 Å². The van der Waals surface area contributed by atoms with E-state index in [1.54, 1.807) is 12.1 Å². The third-order valence-corrected chi connectivity index (χ3v) is 3.27. The van der Waals surface area contributed by atoms with E-state index in [9.17, 15) is 4.39 Å². The smallest absolute Gasteiger partial charge is 0.165 e. The second-order valence-electron chi connectivity index (χ2n) is 5.09. The average molecular weight is 289 g/mol. The highest BCUT2D eigenvalue weighted by atomic mass is 19.1. The van der Waals surface area contributed by atoms with Gasteiger partial charge in [0.05, 0.1) is 7.11 Å². The minimum absolute atomic E-state index is 0.118. The van der Waals surface area contributed by atoms with E-state index in [0.29, 0.717) is 0 Å². The number of rotatable bonds is 5. The molecule has 2 aromatic rings. The highest BCUT2D eigenvalue weighted by Gasteiger charge is 2.09. The topological polar surface area (TPSA) is 44.5 Å². The van der Waals surface area contributed by atoms with E-state index in [4.69, 9.17) is 15.2 Å². The average Bonchev–Trinajstić information content (AvgIpc) is 2.46. The van der Waals surface area contributed by atoms with Crippen LogP contribution < -0.4 is 15.2 Å². The minimum atomic E-state index is -0.394. The first-order valence-electron chi connectivity index (χ1n) is 6.82. The van der Waals surface area contributed by atoms with Crippen LogP contribution in [0.2, 0.25) is 0 Å². The Morgan fingerprint density at radius 1 is 1.14 bits per heavy atom. The summed E-state index contributed by atoms with van der Waals surface area (Å²) in [5.74, 6) is 0.562. The fourth-order valence-electron chi connectivity index (χ4n) is 2.12. The largest absolute Gasteiger partial charge is 0.494 e. The van der Waals surface area contributed by atoms with Crippen LogP contribution in [0.15, 0.2) is 36.4 Å². The van der Waals surface area contributed by atoms with Gasteiger partial charge in [0.2, 0.25) is 0 Å². The van der Waals surface area contributed by atoms with Crippen molar-refractivity contribution in [2.75, 3.05) is 7.11 Å². The van der Waals surface area contributed by atoms with Gasteiger partial charge < -0.3 is 15.2 Å². The maximum absolute atomic E-state index is 13.6. The molecule has 1 atom stereocenters. The molecular weight excluding hydrogens is 269 g/mol. The van der Waals surface area contributed by atoms with E-state index < -0.39 is 5.82 Å². The molecule has 0 bridgehead atoms. The van der Waals surface area contributed by atoms with Crippen molar-refractivity contribution in [1.29, 1.82) is 0 Å². The lowest BCUT2D eigenvalue weighted by Gasteiger charge is -2.15. The summed E-state index contributed by atoms with van der Waals surface area (Å²) in [6.07, 6.45) is 0. The molecule has 0 radical (unpaired) electrons. The zero-order valence-corrected chi connectivity index (χ0v) is 12.5. The molecular formula is C17H20FNO2. The highest BCUT2D eigenvalue weighted by Crippen LogP contribution is 2.26. The summed E-state index contributed by atoms with van der Waals surface area (Å²) in [5.41, 5.74) is 8.78. The maximum Gasteiger partial charge on any atom is 0.165 e. The van der Waals surface area contributed by atoms with Crippen LogP contribution in [0.4, 0.5) is 4.39 Å². The van der Waals surface area contributed by atoms with Crippen LogP contribution in [0.5, 0.6) is 11.5 Å². The summed E-state index contributed by atoms with van der Waals surface area (Å²) in [5, 5.41) is 0. The molecule has 2 N–H and O–H groups in total. The molecule has 0 spiro atoms. The normalized spacial score (nSPS) is 12.0. The molecule has 0 heterocycles. The van der Waals surface area contributed by atoms with Gasteiger partial charge in [-0.05, 0) is 37.6 Å². The predicted octanol–water partition coefficient (Wildman–Crippen LogP) is 3.74. The molecule has 0 aliphatic rings. The molecule has 112 valence electrons.